The molecule has 1 rings (SSSR count). The third-order valence-corrected chi connectivity index (χ3v) is 1.19. The van der Waals surface area contributed by atoms with Crippen LogP contribution in [0.2, 0.25) is 0 Å². The molecular weight excluding hydrogens is 217 g/mol. The summed E-state index contributed by atoms with van der Waals surface area (Å²) in [5.41, 5.74) is 7.53. The van der Waals surface area contributed by atoms with Crippen molar-refractivity contribution < 1.29 is 46.5 Å². The summed E-state index contributed by atoms with van der Waals surface area (Å²) >= 11 is 0. The summed E-state index contributed by atoms with van der Waals surface area (Å²) in [6.45, 7) is 2.00. The molecule has 60 valence electrons. The minimum atomic E-state index is 0. The number of nitrogens with two attached hydrogens (primary N) is 1. The van der Waals surface area contributed by atoms with Gasteiger partial charge in [0, 0.05) is 5.69 Å². The first-order valence-corrected chi connectivity index (χ1v) is 2.62. The molecule has 0 bridgehead atoms. The van der Waals surface area contributed by atoms with Crippen molar-refractivity contribution in [2.24, 2.45) is 0 Å². The van der Waals surface area contributed by atoms with Gasteiger partial charge in [0.2, 0.25) is 0 Å². The maximum absolute atomic E-state index is 5.52. The zero-order chi connectivity index (χ0) is 5.98. The van der Waals surface area contributed by atoms with Gasteiger partial charge in [-0.2, -0.15) is 0 Å². The Balaban J connectivity index is -0.000000213. The van der Waals surface area contributed by atoms with Crippen molar-refractivity contribution in [3.63, 3.8) is 0 Å². The Bertz CT molecular complexity index is 173. The number of nitrogen functional groups attached to an aromatic ring is 1. The molecule has 11 heavy (non-hydrogen) atoms. The number of aryl methyl sites for hydroxylation is 1. The van der Waals surface area contributed by atoms with Crippen molar-refractivity contribution in [1.82, 2.24) is 0 Å². The van der Waals surface area contributed by atoms with Gasteiger partial charge in [0.1, 0.15) is 0 Å². The van der Waals surface area contributed by atoms with Crippen molar-refractivity contribution in [3.8, 4) is 0 Å². The van der Waals surface area contributed by atoms with E-state index in [1.165, 1.54) is 0 Å². The van der Waals surface area contributed by atoms with Gasteiger partial charge in [-0.05, 0) is 18.6 Å². The van der Waals surface area contributed by atoms with Gasteiger partial charge in [-0.3, -0.25) is 0 Å². The molecule has 1 nitrogen and oxygen atoms in total. The van der Waals surface area contributed by atoms with Gasteiger partial charge in [0.05, 0.1) is 0 Å². The van der Waals surface area contributed by atoms with Crippen molar-refractivity contribution in [2.75, 3.05) is 5.73 Å². The molecule has 2 N–H and O–H groups in total. The Labute approximate surface area is 94.4 Å². The molecule has 1 aromatic carbocycles. The fourth-order valence-electron chi connectivity index (χ4n) is 0.587. The fraction of sp³-hybridized carbons (Fsp3) is 0.143. The van der Waals surface area contributed by atoms with Crippen molar-refractivity contribution in [3.05, 3.63) is 29.8 Å². The first-order valence-electron chi connectivity index (χ1n) is 2.62. The number of hydrogen-bond acceptors (Lipinski definition) is 1. The monoisotopic (exact) mass is 225 g/mol. The zero-order valence-corrected chi connectivity index (χ0v) is 9.22. The van der Waals surface area contributed by atoms with E-state index in [9.17, 15) is 0 Å². The molecule has 0 atom stereocenters. The van der Waals surface area contributed by atoms with Crippen LogP contribution in [0.5, 0.6) is 0 Å². The van der Waals surface area contributed by atoms with Crippen molar-refractivity contribution >= 4 is 5.69 Å². The maximum atomic E-state index is 5.52. The first-order chi connectivity index (χ1) is 3.80. The van der Waals surface area contributed by atoms with Crippen LogP contribution < -0.4 is 30.5 Å². The molecule has 0 unspecified atom stereocenters. The smallest absolute Gasteiger partial charge is 1.00 e. The Hall–Kier alpha value is 0.314. The minimum Gasteiger partial charge on any atom is -1.00 e. The predicted octanol–water partition coefficient (Wildman–Crippen LogP) is -4.42. The third-order valence-electron chi connectivity index (χ3n) is 1.19. The summed E-state index contributed by atoms with van der Waals surface area (Å²) in [6, 6.07) is 7.80. The van der Waals surface area contributed by atoms with Crippen LogP contribution in [0.15, 0.2) is 24.3 Å². The van der Waals surface area contributed by atoms with Crippen LogP contribution >= 0.6 is 0 Å². The second-order valence-electron chi connectivity index (χ2n) is 1.86. The summed E-state index contributed by atoms with van der Waals surface area (Å²) in [6.07, 6.45) is 0. The quantitative estimate of drug-likeness (QED) is 0.350. The molecule has 0 spiro atoms. The van der Waals surface area contributed by atoms with Crippen LogP contribution in [-0.2, 0) is 21.7 Å². The SMILES string of the molecule is Cc1ccccc1N.[Cl-].[Cl-].[Ti+2]. The number of benzene rings is 1. The van der Waals surface area contributed by atoms with Crippen LogP contribution in [0, 0.1) is 6.92 Å². The van der Waals surface area contributed by atoms with E-state index in [1.807, 2.05) is 31.2 Å². The molecule has 0 saturated carbocycles. The van der Waals surface area contributed by atoms with Gasteiger partial charge in [-0.25, -0.2) is 0 Å². The van der Waals surface area contributed by atoms with E-state index in [2.05, 4.69) is 0 Å². The molecule has 0 aromatic heterocycles. The molecule has 0 fully saturated rings. The molecular formula is C7H9Cl2NTi. The normalized spacial score (nSPS) is 6.64. The average molecular weight is 226 g/mol. The number of halogens is 2. The molecule has 1 aromatic rings. The number of rotatable bonds is 0. The first kappa shape index (κ1) is 17.4. The van der Waals surface area contributed by atoms with Gasteiger partial charge in [0.15, 0.2) is 0 Å². The second kappa shape index (κ2) is 8.41. The molecule has 0 saturated heterocycles. The molecule has 0 radical (unpaired) electrons. The summed E-state index contributed by atoms with van der Waals surface area (Å²) in [4.78, 5) is 0. The molecule has 0 aliphatic heterocycles. The number of para-hydroxylation sites is 1. The Morgan fingerprint density at radius 2 is 1.55 bits per heavy atom. The average Bonchev–Trinajstić information content (AvgIpc) is 1.77. The van der Waals surface area contributed by atoms with Gasteiger partial charge in [-0.1, -0.05) is 18.2 Å². The van der Waals surface area contributed by atoms with Crippen molar-refractivity contribution in [1.29, 1.82) is 0 Å². The van der Waals surface area contributed by atoms with Crippen LogP contribution in [0.25, 0.3) is 0 Å². The Morgan fingerprint density at radius 1 is 1.09 bits per heavy atom. The molecule has 0 aliphatic rings. The van der Waals surface area contributed by atoms with E-state index < -0.39 is 0 Å². The summed E-state index contributed by atoms with van der Waals surface area (Å²) in [5, 5.41) is 0. The molecule has 0 aliphatic carbocycles. The van der Waals surface area contributed by atoms with Gasteiger partial charge >= 0.3 is 21.7 Å². The number of anilines is 1. The molecule has 0 amide bonds. The van der Waals surface area contributed by atoms with E-state index in [0.717, 1.165) is 11.3 Å². The Morgan fingerprint density at radius 3 is 1.82 bits per heavy atom. The van der Waals surface area contributed by atoms with Gasteiger partial charge in [0.25, 0.3) is 0 Å². The second-order valence-corrected chi connectivity index (χ2v) is 1.86. The van der Waals surface area contributed by atoms with E-state index in [1.54, 1.807) is 0 Å². The molecule has 0 heterocycles. The third kappa shape index (κ3) is 5.57. The van der Waals surface area contributed by atoms with Gasteiger partial charge < -0.3 is 30.5 Å². The van der Waals surface area contributed by atoms with Gasteiger partial charge in [-0.15, -0.1) is 0 Å². The van der Waals surface area contributed by atoms with Crippen LogP contribution in [-0.4, -0.2) is 0 Å². The van der Waals surface area contributed by atoms with Crippen LogP contribution in [0.4, 0.5) is 5.69 Å². The summed E-state index contributed by atoms with van der Waals surface area (Å²) in [7, 11) is 0. The minimum absolute atomic E-state index is 0. The zero-order valence-electron chi connectivity index (χ0n) is 6.14. The van der Waals surface area contributed by atoms with Crippen molar-refractivity contribution in [2.45, 2.75) is 6.92 Å². The fourth-order valence-corrected chi connectivity index (χ4v) is 0.587. The van der Waals surface area contributed by atoms with Crippen LogP contribution in [0.3, 0.4) is 0 Å². The predicted molar refractivity (Wildman–Crippen MR) is 35.6 cm³/mol. The maximum Gasteiger partial charge on any atom is 2.00 e. The Kier molecular flexibility index (Phi) is 13.3. The van der Waals surface area contributed by atoms with E-state index in [0.29, 0.717) is 0 Å². The van der Waals surface area contributed by atoms with Crippen LogP contribution in [0.1, 0.15) is 5.56 Å². The van der Waals surface area contributed by atoms with E-state index in [-0.39, 0.29) is 46.5 Å². The molecule has 4 heteroatoms. The van der Waals surface area contributed by atoms with E-state index >= 15 is 0 Å². The summed E-state index contributed by atoms with van der Waals surface area (Å²) in [5.74, 6) is 0. The van der Waals surface area contributed by atoms with E-state index in [4.69, 9.17) is 5.73 Å². The standard InChI is InChI=1S/C7H9N.2ClH.Ti/c1-6-4-2-3-5-7(6)8;;;/h2-5H,8H2,1H3;2*1H;/q;;;+2/p-2. The largest absolute Gasteiger partial charge is 2.00 e. The topological polar surface area (TPSA) is 26.0 Å². The summed E-state index contributed by atoms with van der Waals surface area (Å²) < 4.78 is 0. The number of hydrogen-bond donors (Lipinski definition) is 1.